The Kier molecular flexibility index (Phi) is 9.99. The van der Waals surface area contributed by atoms with Gasteiger partial charge in [-0.25, -0.2) is 0 Å². The lowest BCUT2D eigenvalue weighted by atomic mass is 9.95. The highest BCUT2D eigenvalue weighted by Gasteiger charge is 2.43. The molecule has 1 heterocycles. The Morgan fingerprint density at radius 3 is 2.00 bits per heavy atom. The second kappa shape index (κ2) is 12.0. The molecule has 164 valence electrons. The number of hydrogen-bond donors (Lipinski definition) is 0. The highest BCUT2D eigenvalue weighted by Crippen LogP contribution is 2.25. The molecule has 0 unspecified atom stereocenters. The molecule has 29 heavy (non-hydrogen) atoms. The van der Waals surface area contributed by atoms with Crippen LogP contribution in [0.2, 0.25) is 0 Å². The van der Waals surface area contributed by atoms with E-state index in [2.05, 4.69) is 46.5 Å². The van der Waals surface area contributed by atoms with Crippen molar-refractivity contribution in [2.45, 2.75) is 65.5 Å². The minimum atomic E-state index is -2.81. The van der Waals surface area contributed by atoms with E-state index >= 15 is 0 Å². The van der Waals surface area contributed by atoms with Gasteiger partial charge in [-0.15, -0.1) is 12.4 Å². The van der Waals surface area contributed by atoms with E-state index in [9.17, 15) is 0 Å². The van der Waals surface area contributed by atoms with Gasteiger partial charge in [-0.2, -0.15) is 0 Å². The van der Waals surface area contributed by atoms with E-state index in [1.54, 1.807) is 0 Å². The summed E-state index contributed by atoms with van der Waals surface area (Å²) in [5.74, 6) is 0. The van der Waals surface area contributed by atoms with Crippen LogP contribution in [-0.2, 0) is 19.8 Å². The van der Waals surface area contributed by atoms with Crippen LogP contribution in [0.1, 0.15) is 58.4 Å². The van der Waals surface area contributed by atoms with Gasteiger partial charge in [-0.3, -0.25) is 0 Å². The first-order valence-corrected chi connectivity index (χ1v) is 12.6. The number of benzene rings is 1. The predicted molar refractivity (Wildman–Crippen MR) is 122 cm³/mol. The Morgan fingerprint density at radius 2 is 1.45 bits per heavy atom. The van der Waals surface area contributed by atoms with Crippen molar-refractivity contribution in [1.82, 2.24) is 9.80 Å². The molecule has 2 aliphatic rings. The smallest absolute Gasteiger partial charge is 0.370 e. The van der Waals surface area contributed by atoms with Gasteiger partial charge in [-0.05, 0) is 39.2 Å². The van der Waals surface area contributed by atoms with Gasteiger partial charge in [0.05, 0.1) is 6.67 Å². The molecule has 0 amide bonds. The van der Waals surface area contributed by atoms with Crippen molar-refractivity contribution < 1.29 is 13.3 Å². The SMILES string of the molecule is CCO[Si](OCC)(OCC)c1ccc(CN2C=CN(C3CCCCC3)C2)cc1.Cl. The third kappa shape index (κ3) is 6.21. The van der Waals surface area contributed by atoms with E-state index in [0.29, 0.717) is 19.8 Å². The van der Waals surface area contributed by atoms with E-state index in [1.165, 1.54) is 37.7 Å². The van der Waals surface area contributed by atoms with Gasteiger partial charge in [-0.1, -0.05) is 43.5 Å². The molecular weight excluding hydrogens is 404 g/mol. The third-order valence-corrected chi connectivity index (χ3v) is 8.60. The fraction of sp³-hybridized carbons (Fsp3) is 0.636. The number of rotatable bonds is 10. The first-order valence-electron chi connectivity index (χ1n) is 10.9. The molecule has 0 bridgehead atoms. The summed E-state index contributed by atoms with van der Waals surface area (Å²) in [6.07, 6.45) is 11.4. The molecule has 1 saturated carbocycles. The van der Waals surface area contributed by atoms with Crippen molar-refractivity contribution in [2.24, 2.45) is 0 Å². The largest absolute Gasteiger partial charge is 0.537 e. The highest BCUT2D eigenvalue weighted by atomic mass is 35.5. The number of nitrogens with zero attached hydrogens (tertiary/aromatic N) is 2. The van der Waals surface area contributed by atoms with Crippen LogP contribution >= 0.6 is 12.4 Å². The maximum atomic E-state index is 6.02. The van der Waals surface area contributed by atoms with E-state index in [-0.39, 0.29) is 12.4 Å². The quantitative estimate of drug-likeness (QED) is 0.508. The number of halogens is 1. The maximum absolute atomic E-state index is 6.02. The van der Waals surface area contributed by atoms with Crippen LogP contribution in [-0.4, -0.2) is 51.1 Å². The van der Waals surface area contributed by atoms with Crippen LogP contribution in [0.15, 0.2) is 36.7 Å². The molecule has 7 heteroatoms. The summed E-state index contributed by atoms with van der Waals surface area (Å²) in [5.41, 5.74) is 1.30. The molecule has 1 aromatic rings. The van der Waals surface area contributed by atoms with E-state index < -0.39 is 8.80 Å². The minimum Gasteiger partial charge on any atom is -0.370 e. The van der Waals surface area contributed by atoms with Crippen molar-refractivity contribution in [1.29, 1.82) is 0 Å². The van der Waals surface area contributed by atoms with Gasteiger partial charge < -0.3 is 23.1 Å². The average Bonchev–Trinajstić information content (AvgIpc) is 3.18. The summed E-state index contributed by atoms with van der Waals surface area (Å²) in [6.45, 7) is 9.66. The maximum Gasteiger partial charge on any atom is 0.537 e. The van der Waals surface area contributed by atoms with Crippen molar-refractivity contribution in [2.75, 3.05) is 26.5 Å². The lowest BCUT2D eigenvalue weighted by molar-refractivity contribution is 0.0859. The van der Waals surface area contributed by atoms with E-state index in [0.717, 1.165) is 24.4 Å². The van der Waals surface area contributed by atoms with E-state index in [1.807, 2.05) is 20.8 Å². The van der Waals surface area contributed by atoms with Crippen LogP contribution in [0.5, 0.6) is 0 Å². The summed E-state index contributed by atoms with van der Waals surface area (Å²) >= 11 is 0. The van der Waals surface area contributed by atoms with Crippen LogP contribution < -0.4 is 5.19 Å². The molecule has 1 fully saturated rings. The highest BCUT2D eigenvalue weighted by molar-refractivity contribution is 6.75. The molecular formula is C22H37ClN2O3Si. The lowest BCUT2D eigenvalue weighted by Gasteiger charge is -2.32. The molecule has 0 N–H and O–H groups in total. The molecule has 1 aliphatic heterocycles. The van der Waals surface area contributed by atoms with Gasteiger partial charge in [0.2, 0.25) is 0 Å². The zero-order valence-corrected chi connectivity index (χ0v) is 20.0. The monoisotopic (exact) mass is 440 g/mol. The van der Waals surface area contributed by atoms with Crippen molar-refractivity contribution in [3.05, 3.63) is 42.2 Å². The molecule has 0 saturated heterocycles. The van der Waals surface area contributed by atoms with Crippen molar-refractivity contribution in [3.63, 3.8) is 0 Å². The zero-order valence-electron chi connectivity index (χ0n) is 18.1. The van der Waals surface area contributed by atoms with Crippen LogP contribution in [0.3, 0.4) is 0 Å². The summed E-state index contributed by atoms with van der Waals surface area (Å²) in [6, 6.07) is 9.35. The minimum absolute atomic E-state index is 0. The fourth-order valence-electron chi connectivity index (χ4n) is 4.23. The predicted octanol–water partition coefficient (Wildman–Crippen LogP) is 4.24. The number of hydrogen-bond acceptors (Lipinski definition) is 5. The van der Waals surface area contributed by atoms with Gasteiger partial charge in [0.15, 0.2) is 0 Å². The zero-order chi connectivity index (χ0) is 19.8. The van der Waals surface area contributed by atoms with Crippen LogP contribution in [0.4, 0.5) is 0 Å². The second-order valence-electron chi connectivity index (χ2n) is 7.54. The normalized spacial score (nSPS) is 17.6. The first kappa shape index (κ1) is 24.2. The standard InChI is InChI=1S/C22H36N2O3Si.ClH/c1-4-25-28(26-5-2,27-6-3)22-14-12-20(13-15-22)18-23-16-17-24(19-23)21-10-8-7-9-11-21;/h12-17,21H,4-11,18-19H2,1-3H3;1H. The summed E-state index contributed by atoms with van der Waals surface area (Å²) in [4.78, 5) is 4.91. The second-order valence-corrected chi connectivity index (χ2v) is 10.1. The van der Waals surface area contributed by atoms with Crippen LogP contribution in [0.25, 0.3) is 0 Å². The molecule has 0 radical (unpaired) electrons. The first-order chi connectivity index (χ1) is 13.7. The molecule has 5 nitrogen and oxygen atoms in total. The Morgan fingerprint density at radius 1 is 0.862 bits per heavy atom. The molecule has 3 rings (SSSR count). The molecule has 1 aliphatic carbocycles. The molecule has 1 aromatic carbocycles. The topological polar surface area (TPSA) is 34.2 Å². The summed E-state index contributed by atoms with van der Waals surface area (Å²) in [7, 11) is -2.81. The van der Waals surface area contributed by atoms with Crippen LogP contribution in [0, 0.1) is 0 Å². The molecule has 0 atom stereocenters. The van der Waals surface area contributed by atoms with Gasteiger partial charge >= 0.3 is 8.80 Å². The third-order valence-electron chi connectivity index (χ3n) is 5.55. The Balaban J connectivity index is 0.00000300. The van der Waals surface area contributed by atoms with Gasteiger partial charge in [0.25, 0.3) is 0 Å². The fourth-order valence-corrected chi connectivity index (χ4v) is 6.70. The van der Waals surface area contributed by atoms with Gasteiger partial charge in [0, 0.05) is 50.0 Å². The summed E-state index contributed by atoms with van der Waals surface area (Å²) < 4.78 is 18.1. The molecule has 0 spiro atoms. The summed E-state index contributed by atoms with van der Waals surface area (Å²) in [5, 5.41) is 1.04. The van der Waals surface area contributed by atoms with Crippen molar-refractivity contribution >= 4 is 26.4 Å². The van der Waals surface area contributed by atoms with Gasteiger partial charge in [0.1, 0.15) is 0 Å². The van der Waals surface area contributed by atoms with Crippen molar-refractivity contribution in [3.8, 4) is 0 Å². The Labute approximate surface area is 183 Å². The average molecular weight is 441 g/mol. The lowest BCUT2D eigenvalue weighted by Crippen LogP contribution is -2.56. The van der Waals surface area contributed by atoms with E-state index in [4.69, 9.17) is 13.3 Å². The Bertz CT molecular complexity index is 606. The molecule has 0 aromatic heterocycles. The Hall–Kier alpha value is -1.05.